The van der Waals surface area contributed by atoms with E-state index in [0.717, 1.165) is 12.0 Å². The first-order valence-electron chi connectivity index (χ1n) is 4.74. The fourth-order valence-electron chi connectivity index (χ4n) is 1.32. The Bertz CT molecular complexity index is 164. The van der Waals surface area contributed by atoms with Crippen LogP contribution in [-0.4, -0.2) is 5.78 Å². The zero-order valence-corrected chi connectivity index (χ0v) is 8.68. The standard InChI is InChI=1S/C11H20O/c1-5-6-10(4)8-11(12)7-9(2)3/h7,10H,5-6,8H2,1-4H3. The van der Waals surface area contributed by atoms with Gasteiger partial charge in [-0.25, -0.2) is 0 Å². The molecular weight excluding hydrogens is 148 g/mol. The van der Waals surface area contributed by atoms with Gasteiger partial charge in [0.2, 0.25) is 0 Å². The molecule has 0 spiro atoms. The van der Waals surface area contributed by atoms with Crippen molar-refractivity contribution in [1.82, 2.24) is 0 Å². The molecule has 0 saturated heterocycles. The van der Waals surface area contributed by atoms with E-state index in [4.69, 9.17) is 0 Å². The van der Waals surface area contributed by atoms with E-state index in [0.29, 0.717) is 12.3 Å². The fourth-order valence-corrected chi connectivity index (χ4v) is 1.32. The lowest BCUT2D eigenvalue weighted by molar-refractivity contribution is -0.115. The van der Waals surface area contributed by atoms with E-state index in [1.165, 1.54) is 6.42 Å². The highest BCUT2D eigenvalue weighted by Crippen LogP contribution is 2.10. The molecule has 0 heterocycles. The van der Waals surface area contributed by atoms with Gasteiger partial charge in [-0.1, -0.05) is 32.3 Å². The Hall–Kier alpha value is -0.590. The number of hydrogen-bond acceptors (Lipinski definition) is 1. The van der Waals surface area contributed by atoms with Crippen LogP contribution in [-0.2, 0) is 4.79 Å². The molecule has 0 aromatic carbocycles. The van der Waals surface area contributed by atoms with Gasteiger partial charge in [-0.2, -0.15) is 0 Å². The molecule has 0 aromatic rings. The van der Waals surface area contributed by atoms with Crippen LogP contribution in [0.5, 0.6) is 0 Å². The summed E-state index contributed by atoms with van der Waals surface area (Å²) < 4.78 is 0. The molecule has 0 fully saturated rings. The maximum atomic E-state index is 11.3. The third kappa shape index (κ3) is 6.14. The Labute approximate surface area is 75.9 Å². The van der Waals surface area contributed by atoms with Crippen molar-refractivity contribution in [3.63, 3.8) is 0 Å². The first-order chi connectivity index (χ1) is 5.56. The summed E-state index contributed by atoms with van der Waals surface area (Å²) in [7, 11) is 0. The topological polar surface area (TPSA) is 17.1 Å². The van der Waals surface area contributed by atoms with Crippen LogP contribution >= 0.6 is 0 Å². The second kappa shape index (κ2) is 5.99. The molecule has 0 saturated carbocycles. The van der Waals surface area contributed by atoms with Crippen LogP contribution in [0, 0.1) is 5.92 Å². The number of carbonyl (C=O) groups excluding carboxylic acids is 1. The molecule has 0 aliphatic carbocycles. The lowest BCUT2D eigenvalue weighted by Crippen LogP contribution is -2.02. The van der Waals surface area contributed by atoms with E-state index >= 15 is 0 Å². The van der Waals surface area contributed by atoms with Crippen molar-refractivity contribution in [1.29, 1.82) is 0 Å². The number of hydrogen-bond donors (Lipinski definition) is 0. The molecule has 0 aromatic heterocycles. The maximum absolute atomic E-state index is 11.3. The van der Waals surface area contributed by atoms with Crippen molar-refractivity contribution in [2.24, 2.45) is 5.92 Å². The monoisotopic (exact) mass is 168 g/mol. The predicted molar refractivity (Wildman–Crippen MR) is 53.1 cm³/mol. The molecule has 0 aliphatic heterocycles. The minimum absolute atomic E-state index is 0.274. The smallest absolute Gasteiger partial charge is 0.155 e. The quantitative estimate of drug-likeness (QED) is 0.575. The second-order valence-corrected chi connectivity index (χ2v) is 3.79. The summed E-state index contributed by atoms with van der Waals surface area (Å²) in [5, 5.41) is 0. The SMILES string of the molecule is CCCC(C)CC(=O)C=C(C)C. The van der Waals surface area contributed by atoms with Crippen LogP contribution in [0.4, 0.5) is 0 Å². The molecule has 0 radical (unpaired) electrons. The normalized spacial score (nSPS) is 12.3. The molecular formula is C11H20O. The molecule has 0 N–H and O–H groups in total. The van der Waals surface area contributed by atoms with Gasteiger partial charge in [0.25, 0.3) is 0 Å². The predicted octanol–water partition coefficient (Wildman–Crippen LogP) is 3.35. The minimum atomic E-state index is 0.274. The third-order valence-corrected chi connectivity index (χ3v) is 1.78. The Morgan fingerprint density at radius 1 is 1.42 bits per heavy atom. The van der Waals surface area contributed by atoms with Crippen LogP contribution in [0.15, 0.2) is 11.6 Å². The highest BCUT2D eigenvalue weighted by atomic mass is 16.1. The second-order valence-electron chi connectivity index (χ2n) is 3.79. The van der Waals surface area contributed by atoms with Crippen LogP contribution in [0.2, 0.25) is 0 Å². The maximum Gasteiger partial charge on any atom is 0.155 e. The Morgan fingerprint density at radius 2 is 2.00 bits per heavy atom. The summed E-state index contributed by atoms with van der Waals surface area (Å²) in [5.41, 5.74) is 1.10. The summed E-state index contributed by atoms with van der Waals surface area (Å²) in [6.45, 7) is 8.22. The van der Waals surface area contributed by atoms with Gasteiger partial charge in [-0.05, 0) is 25.8 Å². The van der Waals surface area contributed by atoms with Gasteiger partial charge in [-0.3, -0.25) is 4.79 Å². The van der Waals surface area contributed by atoms with E-state index in [2.05, 4.69) is 13.8 Å². The zero-order chi connectivity index (χ0) is 9.56. The Balaban J connectivity index is 3.77. The first kappa shape index (κ1) is 11.4. The van der Waals surface area contributed by atoms with Crippen molar-refractivity contribution < 1.29 is 4.79 Å². The third-order valence-electron chi connectivity index (χ3n) is 1.78. The number of ketones is 1. The summed E-state index contributed by atoms with van der Waals surface area (Å²) in [5.74, 6) is 0.814. The molecule has 1 nitrogen and oxygen atoms in total. The molecule has 1 heteroatoms. The Morgan fingerprint density at radius 3 is 2.42 bits per heavy atom. The summed E-state index contributed by atoms with van der Waals surface area (Å²) >= 11 is 0. The van der Waals surface area contributed by atoms with Gasteiger partial charge >= 0.3 is 0 Å². The average molecular weight is 168 g/mol. The molecule has 1 unspecified atom stereocenters. The summed E-state index contributed by atoms with van der Waals surface area (Å²) in [6, 6.07) is 0. The fraction of sp³-hybridized carbons (Fsp3) is 0.727. The lowest BCUT2D eigenvalue weighted by Gasteiger charge is -2.06. The van der Waals surface area contributed by atoms with Crippen LogP contribution in [0.25, 0.3) is 0 Å². The highest BCUT2D eigenvalue weighted by Gasteiger charge is 2.05. The van der Waals surface area contributed by atoms with Crippen LogP contribution < -0.4 is 0 Å². The van der Waals surface area contributed by atoms with Gasteiger partial charge in [0.1, 0.15) is 0 Å². The van der Waals surface area contributed by atoms with Crippen molar-refractivity contribution in [3.8, 4) is 0 Å². The van der Waals surface area contributed by atoms with Crippen molar-refractivity contribution in [2.75, 3.05) is 0 Å². The lowest BCUT2D eigenvalue weighted by atomic mass is 9.99. The van der Waals surface area contributed by atoms with E-state index in [1.54, 1.807) is 6.08 Å². The van der Waals surface area contributed by atoms with E-state index in [1.807, 2.05) is 13.8 Å². The Kier molecular flexibility index (Phi) is 5.69. The van der Waals surface area contributed by atoms with E-state index in [-0.39, 0.29) is 5.78 Å². The van der Waals surface area contributed by atoms with Crippen molar-refractivity contribution in [3.05, 3.63) is 11.6 Å². The van der Waals surface area contributed by atoms with Crippen molar-refractivity contribution >= 4 is 5.78 Å². The van der Waals surface area contributed by atoms with E-state index < -0.39 is 0 Å². The molecule has 0 rings (SSSR count). The molecule has 1 atom stereocenters. The molecule has 70 valence electrons. The van der Waals surface area contributed by atoms with Gasteiger partial charge in [-0.15, -0.1) is 0 Å². The summed E-state index contributed by atoms with van der Waals surface area (Å²) in [4.78, 5) is 11.3. The summed E-state index contributed by atoms with van der Waals surface area (Å²) in [6.07, 6.45) is 4.77. The number of allylic oxidation sites excluding steroid dienone is 2. The minimum Gasteiger partial charge on any atom is -0.295 e. The van der Waals surface area contributed by atoms with Gasteiger partial charge in [0, 0.05) is 6.42 Å². The van der Waals surface area contributed by atoms with Gasteiger partial charge < -0.3 is 0 Å². The van der Waals surface area contributed by atoms with Crippen LogP contribution in [0.3, 0.4) is 0 Å². The van der Waals surface area contributed by atoms with E-state index in [9.17, 15) is 4.79 Å². The van der Waals surface area contributed by atoms with Crippen molar-refractivity contribution in [2.45, 2.75) is 47.0 Å². The highest BCUT2D eigenvalue weighted by molar-refractivity contribution is 5.90. The molecule has 0 aliphatic rings. The zero-order valence-electron chi connectivity index (χ0n) is 8.68. The molecule has 0 amide bonds. The molecule has 0 bridgehead atoms. The number of rotatable bonds is 5. The van der Waals surface area contributed by atoms with Crippen LogP contribution in [0.1, 0.15) is 47.0 Å². The van der Waals surface area contributed by atoms with Gasteiger partial charge in [0.05, 0.1) is 0 Å². The number of carbonyl (C=O) groups is 1. The first-order valence-corrected chi connectivity index (χ1v) is 4.74. The molecule has 12 heavy (non-hydrogen) atoms. The van der Waals surface area contributed by atoms with Gasteiger partial charge in [0.15, 0.2) is 5.78 Å². The largest absolute Gasteiger partial charge is 0.295 e. The average Bonchev–Trinajstić information content (AvgIpc) is 1.84.